The zero-order valence-corrected chi connectivity index (χ0v) is 12.6. The molecular weight excluding hydrogens is 262 g/mol. The van der Waals surface area contributed by atoms with Crippen molar-refractivity contribution in [2.24, 2.45) is 0 Å². The summed E-state index contributed by atoms with van der Waals surface area (Å²) in [5.74, 6) is 0.686. The Kier molecular flexibility index (Phi) is 6.18. The average molecular weight is 283 g/mol. The lowest BCUT2D eigenvalue weighted by atomic mass is 10.0. The Bertz CT molecular complexity index is 447. The van der Waals surface area contributed by atoms with Crippen LogP contribution in [-0.4, -0.2) is 37.5 Å². The second-order valence-electron chi connectivity index (χ2n) is 4.40. The number of ether oxygens (including phenoxy) is 1. The highest BCUT2D eigenvalue weighted by Gasteiger charge is 2.17. The summed E-state index contributed by atoms with van der Waals surface area (Å²) in [6, 6.07) is 3.75. The van der Waals surface area contributed by atoms with Crippen molar-refractivity contribution in [3.8, 4) is 5.75 Å². The first-order valence-electron chi connectivity index (χ1n) is 6.22. The van der Waals surface area contributed by atoms with Crippen LogP contribution in [0.4, 0.5) is 0 Å². The zero-order valence-electron chi connectivity index (χ0n) is 11.8. The third-order valence-electron chi connectivity index (χ3n) is 2.77. The summed E-state index contributed by atoms with van der Waals surface area (Å²) >= 11 is 1.61. The van der Waals surface area contributed by atoms with Crippen molar-refractivity contribution in [1.29, 1.82) is 0 Å². The van der Waals surface area contributed by atoms with Gasteiger partial charge in [0.15, 0.2) is 0 Å². The van der Waals surface area contributed by atoms with Crippen LogP contribution in [0, 0.1) is 0 Å². The molecule has 106 valence electrons. The Balaban J connectivity index is 3.30. The lowest BCUT2D eigenvalue weighted by Gasteiger charge is -2.17. The maximum atomic E-state index is 11.9. The molecule has 19 heavy (non-hydrogen) atoms. The SMILES string of the molecule is CNC(=O)c1cc(SC)c(C(C)C)cc1OCCO. The highest BCUT2D eigenvalue weighted by molar-refractivity contribution is 7.98. The summed E-state index contributed by atoms with van der Waals surface area (Å²) in [6.07, 6.45) is 1.99. The molecule has 0 aliphatic rings. The fraction of sp³-hybridized carbons (Fsp3) is 0.500. The maximum Gasteiger partial charge on any atom is 0.254 e. The summed E-state index contributed by atoms with van der Waals surface area (Å²) in [5.41, 5.74) is 1.65. The summed E-state index contributed by atoms with van der Waals surface area (Å²) < 4.78 is 5.48. The van der Waals surface area contributed by atoms with E-state index in [0.717, 1.165) is 10.5 Å². The summed E-state index contributed by atoms with van der Waals surface area (Å²) in [4.78, 5) is 13.0. The normalized spacial score (nSPS) is 10.6. The van der Waals surface area contributed by atoms with Gasteiger partial charge in [0.05, 0.1) is 12.2 Å². The fourth-order valence-corrected chi connectivity index (χ4v) is 2.56. The van der Waals surface area contributed by atoms with Crippen LogP contribution in [0.25, 0.3) is 0 Å². The predicted octanol–water partition coefficient (Wildman–Crippen LogP) is 2.26. The van der Waals surface area contributed by atoms with Crippen LogP contribution >= 0.6 is 11.8 Å². The number of hydrogen-bond acceptors (Lipinski definition) is 4. The third-order valence-corrected chi connectivity index (χ3v) is 3.57. The summed E-state index contributed by atoms with van der Waals surface area (Å²) in [6.45, 7) is 4.31. The highest BCUT2D eigenvalue weighted by atomic mass is 32.2. The minimum atomic E-state index is -0.182. The number of aliphatic hydroxyl groups excluding tert-OH is 1. The van der Waals surface area contributed by atoms with Gasteiger partial charge in [0, 0.05) is 11.9 Å². The van der Waals surface area contributed by atoms with Crippen molar-refractivity contribution in [2.45, 2.75) is 24.7 Å². The molecule has 0 spiro atoms. The molecule has 1 amide bonds. The van der Waals surface area contributed by atoms with Gasteiger partial charge >= 0.3 is 0 Å². The standard InChI is InChI=1S/C14H21NO3S/c1-9(2)10-7-12(18-6-5-16)11(14(17)15-3)8-13(10)19-4/h7-9,16H,5-6H2,1-4H3,(H,15,17). The molecule has 1 aromatic rings. The van der Waals surface area contributed by atoms with Gasteiger partial charge in [-0.25, -0.2) is 0 Å². The van der Waals surface area contributed by atoms with Gasteiger partial charge in [-0.2, -0.15) is 0 Å². The van der Waals surface area contributed by atoms with Gasteiger partial charge in [-0.1, -0.05) is 13.8 Å². The summed E-state index contributed by atoms with van der Waals surface area (Å²) in [7, 11) is 1.59. The Labute approximate surface area is 118 Å². The number of carbonyl (C=O) groups is 1. The van der Waals surface area contributed by atoms with Crippen molar-refractivity contribution >= 4 is 17.7 Å². The van der Waals surface area contributed by atoms with Crippen LogP contribution in [0.3, 0.4) is 0 Å². The largest absolute Gasteiger partial charge is 0.490 e. The first-order valence-corrected chi connectivity index (χ1v) is 7.45. The van der Waals surface area contributed by atoms with E-state index in [1.54, 1.807) is 18.8 Å². The molecule has 0 aliphatic heterocycles. The molecule has 1 aromatic carbocycles. The van der Waals surface area contributed by atoms with Crippen molar-refractivity contribution < 1.29 is 14.6 Å². The molecule has 0 atom stereocenters. The lowest BCUT2D eigenvalue weighted by Crippen LogP contribution is -2.20. The third kappa shape index (κ3) is 3.88. The molecule has 0 aromatic heterocycles. The molecular formula is C14H21NO3S. The quantitative estimate of drug-likeness (QED) is 0.786. The van der Waals surface area contributed by atoms with E-state index >= 15 is 0 Å². The van der Waals surface area contributed by atoms with E-state index in [-0.39, 0.29) is 19.1 Å². The fourth-order valence-electron chi connectivity index (χ4n) is 1.79. The Morgan fingerprint density at radius 1 is 1.47 bits per heavy atom. The van der Waals surface area contributed by atoms with Gasteiger partial charge in [-0.3, -0.25) is 4.79 Å². The average Bonchev–Trinajstić information content (AvgIpc) is 2.43. The van der Waals surface area contributed by atoms with Crippen molar-refractivity contribution in [1.82, 2.24) is 5.32 Å². The maximum absolute atomic E-state index is 11.9. The molecule has 0 radical (unpaired) electrons. The number of hydrogen-bond donors (Lipinski definition) is 2. The number of carbonyl (C=O) groups excluding carboxylic acids is 1. The monoisotopic (exact) mass is 283 g/mol. The molecule has 4 nitrogen and oxygen atoms in total. The number of nitrogens with one attached hydrogen (secondary N) is 1. The Morgan fingerprint density at radius 2 is 2.16 bits per heavy atom. The van der Waals surface area contributed by atoms with Crippen molar-refractivity contribution in [3.05, 3.63) is 23.3 Å². The van der Waals surface area contributed by atoms with Crippen molar-refractivity contribution in [3.63, 3.8) is 0 Å². The number of thioether (sulfide) groups is 1. The lowest BCUT2D eigenvalue weighted by molar-refractivity contribution is 0.0957. The number of aliphatic hydroxyl groups is 1. The Hall–Kier alpha value is -1.20. The van der Waals surface area contributed by atoms with Gasteiger partial charge in [0.1, 0.15) is 12.4 Å². The predicted molar refractivity (Wildman–Crippen MR) is 78.3 cm³/mol. The van der Waals surface area contributed by atoms with E-state index in [9.17, 15) is 4.79 Å². The first kappa shape index (κ1) is 15.9. The van der Waals surface area contributed by atoms with E-state index in [4.69, 9.17) is 9.84 Å². The topological polar surface area (TPSA) is 58.6 Å². The molecule has 0 saturated heterocycles. The Morgan fingerprint density at radius 3 is 2.63 bits per heavy atom. The molecule has 0 aliphatic carbocycles. The highest BCUT2D eigenvalue weighted by Crippen LogP contribution is 2.33. The van der Waals surface area contributed by atoms with Crippen LogP contribution in [0.2, 0.25) is 0 Å². The van der Waals surface area contributed by atoms with Gasteiger partial charge < -0.3 is 15.2 Å². The van der Waals surface area contributed by atoms with E-state index in [1.807, 2.05) is 18.4 Å². The minimum Gasteiger partial charge on any atom is -0.490 e. The van der Waals surface area contributed by atoms with Crippen LogP contribution in [0.5, 0.6) is 5.75 Å². The molecule has 0 unspecified atom stereocenters. The van der Waals surface area contributed by atoms with Gasteiger partial charge in [0.2, 0.25) is 0 Å². The molecule has 1 rings (SSSR count). The molecule has 0 heterocycles. The van der Waals surface area contributed by atoms with Gasteiger partial charge in [-0.15, -0.1) is 11.8 Å². The molecule has 0 saturated carbocycles. The smallest absolute Gasteiger partial charge is 0.254 e. The number of rotatable bonds is 6. The first-order chi connectivity index (χ1) is 9.04. The van der Waals surface area contributed by atoms with Crippen LogP contribution in [-0.2, 0) is 0 Å². The molecule has 0 bridgehead atoms. The zero-order chi connectivity index (χ0) is 14.4. The van der Waals surface area contributed by atoms with E-state index < -0.39 is 0 Å². The van der Waals surface area contributed by atoms with Crippen LogP contribution < -0.4 is 10.1 Å². The van der Waals surface area contributed by atoms with E-state index in [1.165, 1.54) is 0 Å². The van der Waals surface area contributed by atoms with Crippen LogP contribution in [0.1, 0.15) is 35.7 Å². The molecule has 2 N–H and O–H groups in total. The molecule has 0 fully saturated rings. The number of benzene rings is 1. The van der Waals surface area contributed by atoms with Crippen LogP contribution in [0.15, 0.2) is 17.0 Å². The van der Waals surface area contributed by atoms with Gasteiger partial charge in [-0.05, 0) is 29.9 Å². The van der Waals surface area contributed by atoms with E-state index in [2.05, 4.69) is 19.2 Å². The summed E-state index contributed by atoms with van der Waals surface area (Å²) in [5, 5.41) is 11.5. The second kappa shape index (κ2) is 7.40. The molecule has 5 heteroatoms. The van der Waals surface area contributed by atoms with Crippen molar-refractivity contribution in [2.75, 3.05) is 26.5 Å². The second-order valence-corrected chi connectivity index (χ2v) is 5.24. The van der Waals surface area contributed by atoms with Gasteiger partial charge in [0.25, 0.3) is 5.91 Å². The minimum absolute atomic E-state index is 0.0749. The van der Waals surface area contributed by atoms with E-state index in [0.29, 0.717) is 17.2 Å². The number of amides is 1.